The van der Waals surface area contributed by atoms with Gasteiger partial charge in [0.05, 0.1) is 18.1 Å². The second-order valence-electron chi connectivity index (χ2n) is 4.91. The van der Waals surface area contributed by atoms with Crippen LogP contribution in [0.4, 0.5) is 0 Å². The van der Waals surface area contributed by atoms with Crippen LogP contribution >= 0.6 is 11.6 Å². The molecular formula is C14H18ClNO3. The van der Waals surface area contributed by atoms with Gasteiger partial charge in [-0.3, -0.25) is 4.79 Å². The van der Waals surface area contributed by atoms with E-state index in [1.807, 2.05) is 18.2 Å². The van der Waals surface area contributed by atoms with Crippen LogP contribution in [0.3, 0.4) is 0 Å². The molecule has 1 aliphatic rings. The van der Waals surface area contributed by atoms with Crippen LogP contribution in [0, 0.1) is 0 Å². The average molecular weight is 284 g/mol. The fourth-order valence-electron chi connectivity index (χ4n) is 2.19. The van der Waals surface area contributed by atoms with Crippen LogP contribution in [0.25, 0.3) is 0 Å². The first-order chi connectivity index (χ1) is 9.08. The summed E-state index contributed by atoms with van der Waals surface area (Å²) >= 11 is 5.96. The molecule has 1 unspecified atom stereocenters. The highest BCUT2D eigenvalue weighted by molar-refractivity contribution is 6.30. The van der Waals surface area contributed by atoms with Crippen LogP contribution < -0.4 is 5.32 Å². The fourth-order valence-corrected chi connectivity index (χ4v) is 2.38. The van der Waals surface area contributed by atoms with Crippen LogP contribution in [-0.2, 0) is 14.9 Å². The third-order valence-electron chi connectivity index (χ3n) is 3.42. The number of aliphatic hydroxyl groups is 1. The minimum absolute atomic E-state index is 0.0510. The molecule has 1 atom stereocenters. The van der Waals surface area contributed by atoms with E-state index in [0.29, 0.717) is 5.02 Å². The minimum Gasteiger partial charge on any atom is -0.389 e. The van der Waals surface area contributed by atoms with Crippen LogP contribution in [0.2, 0.25) is 5.02 Å². The molecule has 1 amide bonds. The number of rotatable bonds is 6. The van der Waals surface area contributed by atoms with Crippen molar-refractivity contribution < 1.29 is 14.6 Å². The molecule has 0 aliphatic heterocycles. The van der Waals surface area contributed by atoms with Crippen LogP contribution in [0.1, 0.15) is 18.4 Å². The molecule has 104 valence electrons. The molecule has 4 nitrogen and oxygen atoms in total. The second-order valence-corrected chi connectivity index (χ2v) is 5.35. The molecule has 1 saturated carbocycles. The van der Waals surface area contributed by atoms with Crippen molar-refractivity contribution in [1.82, 2.24) is 5.32 Å². The van der Waals surface area contributed by atoms with E-state index in [1.165, 1.54) is 7.11 Å². The Balaban J connectivity index is 1.99. The van der Waals surface area contributed by atoms with E-state index in [9.17, 15) is 9.90 Å². The first-order valence-electron chi connectivity index (χ1n) is 6.30. The van der Waals surface area contributed by atoms with E-state index in [1.54, 1.807) is 6.07 Å². The van der Waals surface area contributed by atoms with E-state index in [0.717, 1.165) is 18.4 Å². The highest BCUT2D eigenvalue weighted by Crippen LogP contribution is 2.48. The number of methoxy groups -OCH3 is 1. The summed E-state index contributed by atoms with van der Waals surface area (Å²) in [7, 11) is 1.51. The van der Waals surface area contributed by atoms with Crippen LogP contribution in [0.15, 0.2) is 24.3 Å². The highest BCUT2D eigenvalue weighted by atomic mass is 35.5. The molecule has 0 aromatic heterocycles. The number of carbonyl (C=O) groups excluding carboxylic acids is 1. The summed E-state index contributed by atoms with van der Waals surface area (Å²) in [5.74, 6) is -0.0510. The molecule has 1 fully saturated rings. The van der Waals surface area contributed by atoms with E-state index in [-0.39, 0.29) is 19.1 Å². The zero-order valence-corrected chi connectivity index (χ0v) is 11.6. The van der Waals surface area contributed by atoms with Gasteiger partial charge in [-0.25, -0.2) is 0 Å². The number of benzene rings is 1. The van der Waals surface area contributed by atoms with Gasteiger partial charge in [0.15, 0.2) is 0 Å². The summed E-state index contributed by atoms with van der Waals surface area (Å²) < 4.78 is 4.82. The van der Waals surface area contributed by atoms with Gasteiger partial charge < -0.3 is 15.2 Å². The maximum Gasteiger partial charge on any atom is 0.230 e. The third kappa shape index (κ3) is 3.26. The number of aliphatic hydroxyl groups excluding tert-OH is 1. The predicted molar refractivity (Wildman–Crippen MR) is 73.3 cm³/mol. The summed E-state index contributed by atoms with van der Waals surface area (Å²) in [4.78, 5) is 12.2. The minimum atomic E-state index is -0.677. The Kier molecular flexibility index (Phi) is 4.45. The first kappa shape index (κ1) is 14.3. The normalized spacial score (nSPS) is 17.8. The van der Waals surface area contributed by atoms with Crippen molar-refractivity contribution >= 4 is 17.5 Å². The fraction of sp³-hybridized carbons (Fsp3) is 0.500. The summed E-state index contributed by atoms with van der Waals surface area (Å²) in [6.45, 7) is 0.416. The van der Waals surface area contributed by atoms with Gasteiger partial charge in [0, 0.05) is 18.7 Å². The average Bonchev–Trinajstić information content (AvgIpc) is 3.18. The van der Waals surface area contributed by atoms with E-state index >= 15 is 0 Å². The van der Waals surface area contributed by atoms with E-state index < -0.39 is 11.5 Å². The van der Waals surface area contributed by atoms with Gasteiger partial charge in [-0.1, -0.05) is 23.7 Å². The number of nitrogens with one attached hydrogen (secondary N) is 1. The molecule has 1 aromatic rings. The van der Waals surface area contributed by atoms with Crippen molar-refractivity contribution in [2.45, 2.75) is 24.4 Å². The van der Waals surface area contributed by atoms with Gasteiger partial charge >= 0.3 is 0 Å². The maximum absolute atomic E-state index is 12.2. The monoisotopic (exact) mass is 283 g/mol. The molecule has 0 spiro atoms. The topological polar surface area (TPSA) is 58.6 Å². The van der Waals surface area contributed by atoms with Gasteiger partial charge in [-0.05, 0) is 30.5 Å². The summed E-state index contributed by atoms with van der Waals surface area (Å²) in [6, 6.07) is 7.40. The molecule has 1 aliphatic carbocycles. The Labute approximate surface area is 117 Å². The molecule has 5 heteroatoms. The Bertz CT molecular complexity index is 460. The number of hydrogen-bond acceptors (Lipinski definition) is 3. The molecule has 0 heterocycles. The summed E-state index contributed by atoms with van der Waals surface area (Å²) in [6.07, 6.45) is 0.961. The Hall–Kier alpha value is -1.10. The van der Waals surface area contributed by atoms with Crippen molar-refractivity contribution in [2.75, 3.05) is 20.3 Å². The lowest BCUT2D eigenvalue weighted by Gasteiger charge is -2.17. The van der Waals surface area contributed by atoms with Gasteiger partial charge in [-0.15, -0.1) is 0 Å². The number of amides is 1. The highest BCUT2D eigenvalue weighted by Gasteiger charge is 2.51. The molecule has 2 N–H and O–H groups in total. The lowest BCUT2D eigenvalue weighted by Crippen LogP contribution is -2.40. The zero-order valence-electron chi connectivity index (χ0n) is 10.9. The van der Waals surface area contributed by atoms with Gasteiger partial charge in [0.2, 0.25) is 5.91 Å². The lowest BCUT2D eigenvalue weighted by atomic mass is 9.95. The van der Waals surface area contributed by atoms with E-state index in [4.69, 9.17) is 16.3 Å². The van der Waals surface area contributed by atoms with Crippen molar-refractivity contribution in [3.63, 3.8) is 0 Å². The zero-order chi connectivity index (χ0) is 13.9. The van der Waals surface area contributed by atoms with Crippen molar-refractivity contribution in [3.05, 3.63) is 34.9 Å². The van der Waals surface area contributed by atoms with Gasteiger partial charge in [-0.2, -0.15) is 0 Å². The molecule has 1 aromatic carbocycles. The molecule has 0 bridgehead atoms. The quantitative estimate of drug-likeness (QED) is 0.832. The number of ether oxygens (including phenoxy) is 1. The molecule has 2 rings (SSSR count). The van der Waals surface area contributed by atoms with Gasteiger partial charge in [0.25, 0.3) is 0 Å². The molecular weight excluding hydrogens is 266 g/mol. The SMILES string of the molecule is COCC(O)CNC(=O)C1(c2cccc(Cl)c2)CC1. The van der Waals surface area contributed by atoms with E-state index in [2.05, 4.69) is 5.32 Å². The Morgan fingerprint density at radius 3 is 2.89 bits per heavy atom. The lowest BCUT2D eigenvalue weighted by molar-refractivity contribution is -0.124. The van der Waals surface area contributed by atoms with Crippen LogP contribution in [-0.4, -0.2) is 37.4 Å². The third-order valence-corrected chi connectivity index (χ3v) is 3.65. The van der Waals surface area contributed by atoms with Crippen molar-refractivity contribution in [1.29, 1.82) is 0 Å². The van der Waals surface area contributed by atoms with Crippen molar-refractivity contribution in [2.24, 2.45) is 0 Å². The predicted octanol–water partition coefficient (Wildman–Crippen LogP) is 1.50. The summed E-state index contributed by atoms with van der Waals surface area (Å²) in [5.41, 5.74) is 0.483. The van der Waals surface area contributed by atoms with Crippen LogP contribution in [0.5, 0.6) is 0 Å². The Morgan fingerprint density at radius 1 is 1.58 bits per heavy atom. The first-order valence-corrected chi connectivity index (χ1v) is 6.67. The summed E-state index contributed by atoms with van der Waals surface area (Å²) in [5, 5.41) is 12.9. The molecule has 0 radical (unpaired) electrons. The smallest absolute Gasteiger partial charge is 0.230 e. The second kappa shape index (κ2) is 5.90. The maximum atomic E-state index is 12.2. The molecule has 0 saturated heterocycles. The number of hydrogen-bond donors (Lipinski definition) is 2. The Morgan fingerprint density at radius 2 is 2.32 bits per heavy atom. The standard InChI is InChI=1S/C14H18ClNO3/c1-19-9-12(17)8-16-13(18)14(5-6-14)10-3-2-4-11(15)7-10/h2-4,7,12,17H,5-6,8-9H2,1H3,(H,16,18). The number of carbonyl (C=O) groups is 1. The largest absolute Gasteiger partial charge is 0.389 e. The molecule has 19 heavy (non-hydrogen) atoms. The van der Waals surface area contributed by atoms with Gasteiger partial charge in [0.1, 0.15) is 0 Å². The van der Waals surface area contributed by atoms with Crippen molar-refractivity contribution in [3.8, 4) is 0 Å². The number of halogens is 1.